The molecule has 56 heavy (non-hydrogen) atoms. The van der Waals surface area contributed by atoms with Crippen LogP contribution < -0.4 is 9.80 Å². The van der Waals surface area contributed by atoms with Gasteiger partial charge in [0.1, 0.15) is 5.82 Å². The highest BCUT2D eigenvalue weighted by Crippen LogP contribution is 2.55. The number of aromatic nitrogens is 2. The third kappa shape index (κ3) is 4.70. The number of hydrogen-bond donors (Lipinski definition) is 0. The Morgan fingerprint density at radius 3 is 1.86 bits per heavy atom. The van der Waals surface area contributed by atoms with Gasteiger partial charge < -0.3 is 4.90 Å². The van der Waals surface area contributed by atoms with Gasteiger partial charge in [0.05, 0.1) is 28.3 Å². The van der Waals surface area contributed by atoms with Gasteiger partial charge in [0.15, 0.2) is 0 Å². The summed E-state index contributed by atoms with van der Waals surface area (Å²) in [5.41, 5.74) is 9.81. The Kier molecular flexibility index (Phi) is 7.05. The first-order chi connectivity index (χ1) is 27.5. The van der Waals surface area contributed by atoms with Crippen LogP contribution in [-0.4, -0.2) is 9.97 Å². The largest absolute Gasteiger partial charge is 0.306 e. The average Bonchev–Trinajstić information content (AvgIpc) is 3.48. The fourth-order valence-corrected chi connectivity index (χ4v) is 9.11. The normalized spacial score (nSPS) is 13.1. The molecule has 0 bridgehead atoms. The minimum absolute atomic E-state index is 0.207. The Labute approximate surface area is 324 Å². The third-order valence-electron chi connectivity index (χ3n) is 11.7. The molecular formula is C51H35FN4. The van der Waals surface area contributed by atoms with Crippen LogP contribution in [0.15, 0.2) is 176 Å². The van der Waals surface area contributed by atoms with E-state index in [1.807, 2.05) is 60.8 Å². The lowest BCUT2D eigenvalue weighted by molar-refractivity contribution is 0.629. The highest BCUT2D eigenvalue weighted by Gasteiger charge is 2.38. The summed E-state index contributed by atoms with van der Waals surface area (Å²) in [6.07, 6.45) is 1.90. The second kappa shape index (κ2) is 12.2. The van der Waals surface area contributed by atoms with Crippen molar-refractivity contribution in [2.24, 2.45) is 0 Å². The van der Waals surface area contributed by atoms with E-state index in [2.05, 4.69) is 127 Å². The molecule has 266 valence electrons. The summed E-state index contributed by atoms with van der Waals surface area (Å²) in [7, 11) is 0. The molecule has 0 amide bonds. The molecule has 0 spiro atoms. The van der Waals surface area contributed by atoms with E-state index in [1.54, 1.807) is 12.1 Å². The monoisotopic (exact) mass is 722 g/mol. The number of halogens is 1. The molecule has 1 aromatic heterocycles. The maximum absolute atomic E-state index is 16.3. The van der Waals surface area contributed by atoms with E-state index in [0.29, 0.717) is 11.6 Å². The van der Waals surface area contributed by atoms with Gasteiger partial charge in [-0.25, -0.2) is 14.4 Å². The van der Waals surface area contributed by atoms with Crippen molar-refractivity contribution in [3.63, 3.8) is 0 Å². The smallest absolute Gasteiger partial charge is 0.235 e. The Morgan fingerprint density at radius 2 is 1.09 bits per heavy atom. The molecule has 11 rings (SSSR count). The zero-order chi connectivity index (χ0) is 37.5. The molecule has 10 aromatic rings. The third-order valence-corrected chi connectivity index (χ3v) is 11.7. The summed E-state index contributed by atoms with van der Waals surface area (Å²) in [6, 6.07) is 58.1. The van der Waals surface area contributed by atoms with Crippen LogP contribution in [0.5, 0.6) is 0 Å². The van der Waals surface area contributed by atoms with E-state index < -0.39 is 0 Å². The Balaban J connectivity index is 1.19. The molecule has 0 unspecified atom stereocenters. The minimum Gasteiger partial charge on any atom is -0.306 e. The van der Waals surface area contributed by atoms with Gasteiger partial charge in [-0.05, 0) is 86.8 Å². The van der Waals surface area contributed by atoms with Crippen LogP contribution >= 0.6 is 0 Å². The summed E-state index contributed by atoms with van der Waals surface area (Å²) in [6.45, 7) is 4.56. The number of fused-ring (bicyclic) bond motifs is 4. The van der Waals surface area contributed by atoms with Gasteiger partial charge in [-0.15, -0.1) is 0 Å². The van der Waals surface area contributed by atoms with Gasteiger partial charge in [0.25, 0.3) is 0 Å². The Morgan fingerprint density at radius 1 is 0.482 bits per heavy atom. The fourth-order valence-electron chi connectivity index (χ4n) is 9.11. The van der Waals surface area contributed by atoms with Gasteiger partial charge in [-0.3, -0.25) is 4.90 Å². The lowest BCUT2D eigenvalue weighted by atomic mass is 9.82. The van der Waals surface area contributed by atoms with Gasteiger partial charge in [0.2, 0.25) is 5.95 Å². The predicted molar refractivity (Wildman–Crippen MR) is 230 cm³/mol. The van der Waals surface area contributed by atoms with Crippen LogP contribution in [-0.2, 0) is 5.41 Å². The average molecular weight is 723 g/mol. The van der Waals surface area contributed by atoms with E-state index in [9.17, 15) is 0 Å². The maximum atomic E-state index is 16.3. The SMILES string of the molecule is CC1(C)c2ccccc2-c2c(N(c3ccccc3F)c3ccc4ccc5c(N(c6ccccc6)c6ncc7ccccc7n6)ccc6ccc3c4c65)cccc21. The molecule has 1 heterocycles. The van der Waals surface area contributed by atoms with Crippen molar-refractivity contribution in [2.75, 3.05) is 9.80 Å². The first kappa shape index (κ1) is 32.3. The van der Waals surface area contributed by atoms with Crippen LogP contribution in [0.4, 0.5) is 38.8 Å². The van der Waals surface area contributed by atoms with E-state index in [0.717, 1.165) is 71.5 Å². The standard InChI is InChI=1S/C51H35FN4/c1-51(2)39-17-8-7-16-36(39)49-40(51)18-12-22-46(49)56(45-21-11-9-19-41(45)52)44-30-26-33-23-27-37-43(29-25-32-24-28-38(44)48(33)47(32)37)55(35-14-4-3-5-15-35)50-53-31-34-13-6-10-20-42(34)54-50/h3-31H,1-2H3. The zero-order valence-corrected chi connectivity index (χ0v) is 30.9. The van der Waals surface area contributed by atoms with Crippen molar-refractivity contribution in [3.8, 4) is 11.1 Å². The van der Waals surface area contributed by atoms with E-state index in [-0.39, 0.29) is 11.2 Å². The fraction of sp³-hybridized carbons (Fsp3) is 0.0588. The molecule has 5 heteroatoms. The lowest BCUT2D eigenvalue weighted by Crippen LogP contribution is -2.16. The summed E-state index contributed by atoms with van der Waals surface area (Å²) in [5.74, 6) is 0.315. The zero-order valence-electron chi connectivity index (χ0n) is 30.9. The lowest BCUT2D eigenvalue weighted by Gasteiger charge is -2.31. The molecule has 0 saturated carbocycles. The first-order valence-electron chi connectivity index (χ1n) is 19.0. The maximum Gasteiger partial charge on any atom is 0.235 e. The van der Waals surface area contributed by atoms with E-state index in [4.69, 9.17) is 9.97 Å². The topological polar surface area (TPSA) is 32.3 Å². The van der Waals surface area contributed by atoms with Crippen LogP contribution in [0.25, 0.3) is 54.3 Å². The van der Waals surface area contributed by atoms with Crippen molar-refractivity contribution in [3.05, 3.63) is 193 Å². The van der Waals surface area contributed by atoms with Crippen molar-refractivity contribution in [1.82, 2.24) is 9.97 Å². The molecule has 0 radical (unpaired) electrons. The number of hydrogen-bond acceptors (Lipinski definition) is 4. The van der Waals surface area contributed by atoms with Crippen molar-refractivity contribution in [1.29, 1.82) is 0 Å². The van der Waals surface area contributed by atoms with Crippen LogP contribution in [0.2, 0.25) is 0 Å². The molecule has 0 atom stereocenters. The van der Waals surface area contributed by atoms with Crippen molar-refractivity contribution in [2.45, 2.75) is 19.3 Å². The number of anilines is 6. The first-order valence-corrected chi connectivity index (χ1v) is 19.0. The number of para-hydroxylation sites is 3. The highest BCUT2D eigenvalue weighted by molar-refractivity contribution is 6.28. The number of nitrogens with zero attached hydrogens (tertiary/aromatic N) is 4. The number of benzene rings is 9. The quantitative estimate of drug-likeness (QED) is 0.160. The van der Waals surface area contributed by atoms with Gasteiger partial charge in [-0.2, -0.15) is 0 Å². The minimum atomic E-state index is -0.280. The second-order valence-corrected chi connectivity index (χ2v) is 15.1. The molecule has 0 N–H and O–H groups in total. The molecule has 4 nitrogen and oxygen atoms in total. The Bertz CT molecular complexity index is 3150. The summed E-state index contributed by atoms with van der Waals surface area (Å²) in [5, 5.41) is 7.61. The van der Waals surface area contributed by atoms with Crippen LogP contribution in [0, 0.1) is 5.82 Å². The predicted octanol–water partition coefficient (Wildman–Crippen LogP) is 13.9. The Hall–Kier alpha value is -7.11. The molecule has 0 saturated heterocycles. The highest BCUT2D eigenvalue weighted by atomic mass is 19.1. The van der Waals surface area contributed by atoms with Crippen molar-refractivity contribution < 1.29 is 4.39 Å². The van der Waals surface area contributed by atoms with Crippen LogP contribution in [0.3, 0.4) is 0 Å². The van der Waals surface area contributed by atoms with Gasteiger partial charge >= 0.3 is 0 Å². The number of rotatable bonds is 6. The second-order valence-electron chi connectivity index (χ2n) is 15.1. The molecular weight excluding hydrogens is 688 g/mol. The molecule has 1 aliphatic carbocycles. The van der Waals surface area contributed by atoms with Gasteiger partial charge in [-0.1, -0.05) is 135 Å². The van der Waals surface area contributed by atoms with Gasteiger partial charge in [0, 0.05) is 39.0 Å². The van der Waals surface area contributed by atoms with Crippen molar-refractivity contribution >= 4 is 77.6 Å². The summed E-state index contributed by atoms with van der Waals surface area (Å²) < 4.78 is 16.3. The molecule has 1 aliphatic rings. The molecule has 0 aliphatic heterocycles. The summed E-state index contributed by atoms with van der Waals surface area (Å²) >= 11 is 0. The van der Waals surface area contributed by atoms with Crippen LogP contribution in [0.1, 0.15) is 25.0 Å². The molecule has 0 fully saturated rings. The van der Waals surface area contributed by atoms with E-state index in [1.165, 1.54) is 16.7 Å². The summed E-state index contributed by atoms with van der Waals surface area (Å²) in [4.78, 5) is 14.3. The molecule has 9 aromatic carbocycles. The van der Waals surface area contributed by atoms with E-state index >= 15 is 4.39 Å².